The lowest BCUT2D eigenvalue weighted by Crippen LogP contribution is -2.19. The Labute approximate surface area is 115 Å². The first-order valence-electron chi connectivity index (χ1n) is 7.01. The average molecular weight is 264 g/mol. The second-order valence-electron chi connectivity index (χ2n) is 5.26. The molecule has 3 nitrogen and oxygen atoms in total. The first-order valence-corrected chi connectivity index (χ1v) is 7.01. The van der Waals surface area contributed by atoms with Gasteiger partial charge >= 0.3 is 0 Å². The van der Waals surface area contributed by atoms with Crippen molar-refractivity contribution in [2.45, 2.75) is 66.2 Å². The maximum absolute atomic E-state index is 12.3. The molecule has 0 saturated carbocycles. The Morgan fingerprint density at radius 3 is 2.11 bits per heavy atom. The number of hydrogen-bond acceptors (Lipinski definition) is 3. The lowest BCUT2D eigenvalue weighted by atomic mass is 9.94. The summed E-state index contributed by atoms with van der Waals surface area (Å²) in [6, 6.07) is 0. The van der Waals surface area contributed by atoms with Crippen molar-refractivity contribution in [2.75, 3.05) is 0 Å². The number of ketones is 1. The third-order valence-electron chi connectivity index (χ3n) is 3.92. The molecule has 0 aromatic carbocycles. The maximum atomic E-state index is 12.3. The van der Waals surface area contributed by atoms with Crippen molar-refractivity contribution >= 4 is 5.78 Å². The number of carbonyl (C=O) groups excluding carboxylic acids is 1. The molecule has 0 aliphatic rings. The molecule has 2 atom stereocenters. The van der Waals surface area contributed by atoms with Gasteiger partial charge in [-0.05, 0) is 27.2 Å². The molecule has 0 bridgehead atoms. The zero-order chi connectivity index (χ0) is 14.7. The van der Waals surface area contributed by atoms with Gasteiger partial charge < -0.3 is 4.42 Å². The van der Waals surface area contributed by atoms with Crippen LogP contribution in [0.1, 0.15) is 75.0 Å². The van der Waals surface area contributed by atoms with Gasteiger partial charge in [-0.1, -0.05) is 20.8 Å². The van der Waals surface area contributed by atoms with E-state index in [1.165, 1.54) is 0 Å². The fourth-order valence-electron chi connectivity index (χ4n) is 2.30. The third-order valence-corrected chi connectivity index (χ3v) is 3.92. The van der Waals surface area contributed by atoms with Crippen LogP contribution in [0.4, 0.5) is 0 Å². The Bertz CT molecular complexity index is 526. The van der Waals surface area contributed by atoms with Gasteiger partial charge in [0, 0.05) is 23.5 Å². The Kier molecular flexibility index (Phi) is 5.10. The maximum Gasteiger partial charge on any atom is 0.191 e. The van der Waals surface area contributed by atoms with E-state index >= 15 is 0 Å². The lowest BCUT2D eigenvalue weighted by Gasteiger charge is -2.17. The predicted octanol–water partition coefficient (Wildman–Crippen LogP) is 3.85. The normalized spacial score (nSPS) is 14.2. The van der Waals surface area contributed by atoms with Gasteiger partial charge in [-0.3, -0.25) is 9.59 Å². The van der Waals surface area contributed by atoms with Crippen molar-refractivity contribution < 1.29 is 9.21 Å². The zero-order valence-electron chi connectivity index (χ0n) is 12.8. The van der Waals surface area contributed by atoms with Crippen molar-refractivity contribution in [1.82, 2.24) is 0 Å². The fraction of sp³-hybridized carbons (Fsp3) is 0.625. The topological polar surface area (TPSA) is 47.3 Å². The molecule has 106 valence electrons. The summed E-state index contributed by atoms with van der Waals surface area (Å²) >= 11 is 0. The van der Waals surface area contributed by atoms with Crippen LogP contribution >= 0.6 is 0 Å². The standard InChI is InChI=1S/C16H24O3/c1-7-9(3)15-11(5)14(18)12(6)16(19-15)10(4)13(17)8-2/h9-10H,7-8H2,1-6H3/t9-,10+/m1/s1. The molecule has 1 heterocycles. The van der Waals surface area contributed by atoms with Crippen LogP contribution in [0.15, 0.2) is 9.21 Å². The van der Waals surface area contributed by atoms with E-state index < -0.39 is 0 Å². The highest BCUT2D eigenvalue weighted by Crippen LogP contribution is 2.27. The van der Waals surface area contributed by atoms with Gasteiger partial charge in [0.2, 0.25) is 0 Å². The van der Waals surface area contributed by atoms with E-state index in [0.29, 0.717) is 23.3 Å². The van der Waals surface area contributed by atoms with Crippen molar-refractivity contribution in [3.63, 3.8) is 0 Å². The van der Waals surface area contributed by atoms with Gasteiger partial charge in [-0.15, -0.1) is 0 Å². The largest absolute Gasteiger partial charge is 0.464 e. The van der Waals surface area contributed by atoms with Crippen molar-refractivity contribution in [3.05, 3.63) is 32.9 Å². The first kappa shape index (κ1) is 15.7. The van der Waals surface area contributed by atoms with Crippen molar-refractivity contribution in [1.29, 1.82) is 0 Å². The summed E-state index contributed by atoms with van der Waals surface area (Å²) in [6.07, 6.45) is 1.36. The molecule has 0 spiro atoms. The number of rotatable bonds is 5. The minimum atomic E-state index is -0.346. The fourth-order valence-corrected chi connectivity index (χ4v) is 2.30. The van der Waals surface area contributed by atoms with E-state index in [9.17, 15) is 9.59 Å². The summed E-state index contributed by atoms with van der Waals surface area (Å²) in [4.78, 5) is 24.1. The van der Waals surface area contributed by atoms with Gasteiger partial charge in [0.25, 0.3) is 0 Å². The van der Waals surface area contributed by atoms with E-state index in [1.54, 1.807) is 13.8 Å². The van der Waals surface area contributed by atoms with Crippen LogP contribution in [-0.2, 0) is 4.79 Å². The van der Waals surface area contributed by atoms with Crippen molar-refractivity contribution in [2.24, 2.45) is 0 Å². The molecule has 0 aliphatic heterocycles. The molecule has 3 heteroatoms. The second kappa shape index (κ2) is 6.18. The predicted molar refractivity (Wildman–Crippen MR) is 76.9 cm³/mol. The molecule has 0 fully saturated rings. The molecule has 0 unspecified atom stereocenters. The molecule has 1 aromatic rings. The van der Waals surface area contributed by atoms with E-state index in [4.69, 9.17) is 4.42 Å². The van der Waals surface area contributed by atoms with Crippen molar-refractivity contribution in [3.8, 4) is 0 Å². The SMILES string of the molecule is CCC(=O)[C@H](C)c1oc([C@H](C)CC)c(C)c(=O)c1C. The van der Waals surface area contributed by atoms with Crippen LogP contribution in [0, 0.1) is 13.8 Å². The Morgan fingerprint density at radius 1 is 1.11 bits per heavy atom. The van der Waals surface area contributed by atoms with Crippen LogP contribution in [0.5, 0.6) is 0 Å². The van der Waals surface area contributed by atoms with Crippen LogP contribution < -0.4 is 5.43 Å². The summed E-state index contributed by atoms with van der Waals surface area (Å²) in [6.45, 7) is 11.3. The quantitative estimate of drug-likeness (QED) is 0.811. The van der Waals surface area contributed by atoms with Gasteiger partial charge in [0.05, 0.1) is 5.92 Å². The van der Waals surface area contributed by atoms with Gasteiger partial charge in [0.1, 0.15) is 17.3 Å². The second-order valence-corrected chi connectivity index (χ2v) is 5.26. The zero-order valence-corrected chi connectivity index (χ0v) is 12.8. The van der Waals surface area contributed by atoms with Gasteiger partial charge in [0.15, 0.2) is 5.43 Å². The molecular formula is C16H24O3. The average Bonchev–Trinajstić information content (AvgIpc) is 2.42. The third kappa shape index (κ3) is 2.96. The smallest absolute Gasteiger partial charge is 0.191 e. The number of carbonyl (C=O) groups is 1. The highest BCUT2D eigenvalue weighted by Gasteiger charge is 2.23. The van der Waals surface area contributed by atoms with Crippen LogP contribution in [0.2, 0.25) is 0 Å². The monoisotopic (exact) mass is 264 g/mol. The Balaban J connectivity index is 3.45. The molecule has 1 aromatic heterocycles. The summed E-state index contributed by atoms with van der Waals surface area (Å²) < 4.78 is 5.94. The highest BCUT2D eigenvalue weighted by atomic mass is 16.3. The van der Waals surface area contributed by atoms with Crippen LogP contribution in [0.25, 0.3) is 0 Å². The molecule has 0 aliphatic carbocycles. The molecule has 0 amide bonds. The summed E-state index contributed by atoms with van der Waals surface area (Å²) in [5.74, 6) is 1.21. The highest BCUT2D eigenvalue weighted by molar-refractivity contribution is 5.84. The van der Waals surface area contributed by atoms with E-state index in [0.717, 1.165) is 12.2 Å². The minimum absolute atomic E-state index is 0.00676. The molecular weight excluding hydrogens is 240 g/mol. The Hall–Kier alpha value is -1.38. The van der Waals surface area contributed by atoms with Gasteiger partial charge in [-0.2, -0.15) is 0 Å². The number of hydrogen-bond donors (Lipinski definition) is 0. The molecule has 19 heavy (non-hydrogen) atoms. The molecule has 1 rings (SSSR count). The van der Waals surface area contributed by atoms with Crippen LogP contribution in [0.3, 0.4) is 0 Å². The summed E-state index contributed by atoms with van der Waals surface area (Å²) in [5.41, 5.74) is 1.25. The van der Waals surface area contributed by atoms with E-state index in [-0.39, 0.29) is 23.0 Å². The lowest BCUT2D eigenvalue weighted by molar-refractivity contribution is -0.120. The molecule has 0 saturated heterocycles. The Morgan fingerprint density at radius 2 is 1.63 bits per heavy atom. The summed E-state index contributed by atoms with van der Waals surface area (Å²) in [5, 5.41) is 0. The number of Topliss-reactive ketones (excluding diaryl/α,β-unsaturated/α-hetero) is 1. The van der Waals surface area contributed by atoms with E-state index in [1.807, 2.05) is 20.8 Å². The van der Waals surface area contributed by atoms with Gasteiger partial charge in [-0.25, -0.2) is 0 Å². The first-order chi connectivity index (χ1) is 8.84. The summed E-state index contributed by atoms with van der Waals surface area (Å²) in [7, 11) is 0. The van der Waals surface area contributed by atoms with Crippen LogP contribution in [-0.4, -0.2) is 5.78 Å². The molecule has 0 N–H and O–H groups in total. The van der Waals surface area contributed by atoms with E-state index in [2.05, 4.69) is 6.92 Å². The minimum Gasteiger partial charge on any atom is -0.464 e. The molecule has 0 radical (unpaired) electrons.